The average Bonchev–Trinajstić information content (AvgIpc) is 2.14. The number of halogens is 1. The third-order valence-corrected chi connectivity index (χ3v) is 2.78. The number of hydrogen-bond donors (Lipinski definition) is 0. The molecule has 0 aromatic heterocycles. The predicted molar refractivity (Wildman–Crippen MR) is 60.2 cm³/mol. The Labute approximate surface area is 95.4 Å². The van der Waals surface area contributed by atoms with E-state index in [1.165, 1.54) is 6.07 Å². The average molecular weight is 246 g/mol. The molecule has 0 fully saturated rings. The summed E-state index contributed by atoms with van der Waals surface area (Å²) in [4.78, 5) is 0. The van der Waals surface area contributed by atoms with E-state index in [4.69, 9.17) is 4.18 Å². The van der Waals surface area contributed by atoms with Crippen molar-refractivity contribution in [3.8, 4) is 0 Å². The van der Waals surface area contributed by atoms with E-state index >= 15 is 0 Å². The van der Waals surface area contributed by atoms with Crippen LogP contribution in [0.25, 0.3) is 0 Å². The van der Waals surface area contributed by atoms with E-state index in [9.17, 15) is 12.8 Å². The minimum Gasteiger partial charge on any atom is -0.269 e. The molecule has 0 aliphatic heterocycles. The van der Waals surface area contributed by atoms with Crippen molar-refractivity contribution in [2.75, 3.05) is 12.9 Å². The second kappa shape index (κ2) is 4.51. The summed E-state index contributed by atoms with van der Waals surface area (Å²) < 4.78 is 40.0. The molecule has 0 bridgehead atoms. The molecule has 16 heavy (non-hydrogen) atoms. The van der Waals surface area contributed by atoms with E-state index in [-0.39, 0.29) is 12.4 Å². The highest BCUT2D eigenvalue weighted by Crippen LogP contribution is 2.26. The molecule has 0 saturated heterocycles. The highest BCUT2D eigenvalue weighted by molar-refractivity contribution is 7.85. The van der Waals surface area contributed by atoms with E-state index in [2.05, 4.69) is 0 Å². The van der Waals surface area contributed by atoms with Gasteiger partial charge in [0.25, 0.3) is 10.1 Å². The summed E-state index contributed by atoms with van der Waals surface area (Å²) in [5, 5.41) is 0. The van der Waals surface area contributed by atoms with Gasteiger partial charge in [-0.3, -0.25) is 4.18 Å². The molecular weight excluding hydrogens is 231 g/mol. The van der Waals surface area contributed by atoms with Crippen LogP contribution >= 0.6 is 0 Å². The first-order chi connectivity index (χ1) is 7.22. The van der Waals surface area contributed by atoms with Gasteiger partial charge in [-0.25, -0.2) is 4.39 Å². The molecule has 1 aromatic rings. The molecule has 0 heterocycles. The Balaban J connectivity index is 2.90. The van der Waals surface area contributed by atoms with Gasteiger partial charge in [0.1, 0.15) is 5.82 Å². The molecule has 0 atom stereocenters. The van der Waals surface area contributed by atoms with Crippen LogP contribution < -0.4 is 0 Å². The minimum absolute atomic E-state index is 0.0766. The summed E-state index contributed by atoms with van der Waals surface area (Å²) in [7, 11) is -3.50. The first kappa shape index (κ1) is 13.1. The lowest BCUT2D eigenvalue weighted by molar-refractivity contribution is 0.244. The lowest BCUT2D eigenvalue weighted by atomic mass is 9.85. The molecule has 0 radical (unpaired) electrons. The normalized spacial score (nSPS) is 12.8. The largest absolute Gasteiger partial charge is 0.269 e. The zero-order chi connectivity index (χ0) is 12.4. The van der Waals surface area contributed by atoms with Crippen LogP contribution in [0.5, 0.6) is 0 Å². The van der Waals surface area contributed by atoms with Gasteiger partial charge in [0.05, 0.1) is 12.9 Å². The van der Waals surface area contributed by atoms with Crippen LogP contribution in [-0.4, -0.2) is 21.3 Å². The third-order valence-electron chi connectivity index (χ3n) is 2.24. The van der Waals surface area contributed by atoms with E-state index in [1.54, 1.807) is 32.0 Å². The van der Waals surface area contributed by atoms with Crippen LogP contribution in [0.4, 0.5) is 4.39 Å². The Bertz CT molecular complexity index is 466. The lowest BCUT2D eigenvalue weighted by Gasteiger charge is -2.24. The van der Waals surface area contributed by atoms with Crippen molar-refractivity contribution in [1.29, 1.82) is 0 Å². The first-order valence-electron chi connectivity index (χ1n) is 4.82. The van der Waals surface area contributed by atoms with Crippen LogP contribution in [0.1, 0.15) is 19.4 Å². The van der Waals surface area contributed by atoms with Crippen molar-refractivity contribution < 1.29 is 17.0 Å². The standard InChI is InChI=1S/C11H15FO3S/c1-11(2,8-15-16(3,13)14)9-6-4-5-7-10(9)12/h4-7H,8H2,1-3H3. The molecule has 0 aliphatic rings. The lowest BCUT2D eigenvalue weighted by Crippen LogP contribution is -2.27. The Kier molecular flexibility index (Phi) is 3.70. The number of hydrogen-bond acceptors (Lipinski definition) is 3. The SMILES string of the molecule is CC(C)(COS(C)(=O)=O)c1ccccc1F. The summed E-state index contributed by atoms with van der Waals surface area (Å²) >= 11 is 0. The molecule has 0 N–H and O–H groups in total. The molecule has 3 nitrogen and oxygen atoms in total. The van der Waals surface area contributed by atoms with Crippen molar-refractivity contribution >= 4 is 10.1 Å². The van der Waals surface area contributed by atoms with Crippen LogP contribution in [0.15, 0.2) is 24.3 Å². The third kappa shape index (κ3) is 3.57. The zero-order valence-electron chi connectivity index (χ0n) is 9.53. The summed E-state index contributed by atoms with van der Waals surface area (Å²) in [6, 6.07) is 6.27. The van der Waals surface area contributed by atoms with Gasteiger partial charge in [-0.1, -0.05) is 32.0 Å². The van der Waals surface area contributed by atoms with Crippen LogP contribution in [0.3, 0.4) is 0 Å². The topological polar surface area (TPSA) is 43.4 Å². The summed E-state index contributed by atoms with van der Waals surface area (Å²) in [6.07, 6.45) is 0.977. The van der Waals surface area contributed by atoms with E-state index in [1.807, 2.05) is 0 Å². The van der Waals surface area contributed by atoms with Gasteiger partial charge in [0, 0.05) is 5.41 Å². The predicted octanol–water partition coefficient (Wildman–Crippen LogP) is 2.08. The van der Waals surface area contributed by atoms with Crippen molar-refractivity contribution in [2.45, 2.75) is 19.3 Å². The highest BCUT2D eigenvalue weighted by atomic mass is 32.2. The second-order valence-corrected chi connectivity index (χ2v) is 5.97. The smallest absolute Gasteiger partial charge is 0.264 e. The molecule has 1 rings (SSSR count). The van der Waals surface area contributed by atoms with Crippen LogP contribution in [0.2, 0.25) is 0 Å². The molecule has 0 spiro atoms. The Morgan fingerprint density at radius 1 is 1.31 bits per heavy atom. The molecule has 90 valence electrons. The fourth-order valence-electron chi connectivity index (χ4n) is 1.34. The summed E-state index contributed by atoms with van der Waals surface area (Å²) in [5.41, 5.74) is -0.243. The van der Waals surface area contributed by atoms with Crippen LogP contribution in [-0.2, 0) is 19.7 Å². The maximum absolute atomic E-state index is 13.5. The van der Waals surface area contributed by atoms with Gasteiger partial charge >= 0.3 is 0 Å². The highest BCUT2D eigenvalue weighted by Gasteiger charge is 2.25. The van der Waals surface area contributed by atoms with Crippen molar-refractivity contribution in [3.63, 3.8) is 0 Å². The maximum Gasteiger partial charge on any atom is 0.264 e. The number of rotatable bonds is 4. The monoisotopic (exact) mass is 246 g/mol. The number of benzene rings is 1. The first-order valence-corrected chi connectivity index (χ1v) is 6.63. The van der Waals surface area contributed by atoms with Gasteiger partial charge in [-0.2, -0.15) is 8.42 Å². The maximum atomic E-state index is 13.5. The molecule has 0 aliphatic carbocycles. The quantitative estimate of drug-likeness (QED) is 0.764. The summed E-state index contributed by atoms with van der Waals surface area (Å²) in [5.74, 6) is -0.357. The molecule has 5 heteroatoms. The fourth-order valence-corrected chi connectivity index (χ4v) is 1.85. The Hall–Kier alpha value is -0.940. The zero-order valence-corrected chi connectivity index (χ0v) is 10.3. The van der Waals surface area contributed by atoms with E-state index in [0.717, 1.165) is 6.26 Å². The van der Waals surface area contributed by atoms with Crippen molar-refractivity contribution in [3.05, 3.63) is 35.6 Å². The van der Waals surface area contributed by atoms with Gasteiger partial charge < -0.3 is 0 Å². The van der Waals surface area contributed by atoms with Gasteiger partial charge in [-0.05, 0) is 11.6 Å². The fraction of sp³-hybridized carbons (Fsp3) is 0.455. The van der Waals surface area contributed by atoms with Gasteiger partial charge in [0.2, 0.25) is 0 Å². The minimum atomic E-state index is -3.50. The van der Waals surface area contributed by atoms with Crippen molar-refractivity contribution in [1.82, 2.24) is 0 Å². The molecular formula is C11H15FO3S. The van der Waals surface area contributed by atoms with E-state index < -0.39 is 15.5 Å². The van der Waals surface area contributed by atoms with Crippen LogP contribution in [0, 0.1) is 5.82 Å². The van der Waals surface area contributed by atoms with E-state index in [0.29, 0.717) is 5.56 Å². The molecule has 0 unspecified atom stereocenters. The Morgan fingerprint density at radius 3 is 2.38 bits per heavy atom. The molecule has 1 aromatic carbocycles. The van der Waals surface area contributed by atoms with Gasteiger partial charge in [0.15, 0.2) is 0 Å². The summed E-state index contributed by atoms with van der Waals surface area (Å²) in [6.45, 7) is 3.39. The second-order valence-electron chi connectivity index (χ2n) is 4.33. The Morgan fingerprint density at radius 2 is 1.88 bits per heavy atom. The molecule has 0 amide bonds. The molecule has 0 saturated carbocycles. The van der Waals surface area contributed by atoms with Gasteiger partial charge in [-0.15, -0.1) is 0 Å². The van der Waals surface area contributed by atoms with Crippen molar-refractivity contribution in [2.24, 2.45) is 0 Å².